The van der Waals surface area contributed by atoms with Gasteiger partial charge >= 0.3 is 0 Å². The number of likely N-dealkylation sites (N-methyl/N-ethyl adjacent to an activating group) is 1. The third-order valence-corrected chi connectivity index (χ3v) is 5.42. The van der Waals surface area contributed by atoms with E-state index in [2.05, 4.69) is 11.9 Å². The van der Waals surface area contributed by atoms with E-state index in [0.717, 1.165) is 26.2 Å². The van der Waals surface area contributed by atoms with E-state index in [1.54, 1.807) is 4.90 Å². The molecule has 4 rings (SSSR count). The van der Waals surface area contributed by atoms with E-state index in [1.165, 1.54) is 0 Å². The Hall–Kier alpha value is -2.86. The Bertz CT molecular complexity index is 847. The Morgan fingerprint density at radius 1 is 0.964 bits per heavy atom. The van der Waals surface area contributed by atoms with Crippen molar-refractivity contribution in [2.24, 2.45) is 5.92 Å². The predicted octanol–water partition coefficient (Wildman–Crippen LogP) is 2.61. The molecule has 28 heavy (non-hydrogen) atoms. The number of benzene rings is 2. The van der Waals surface area contributed by atoms with Crippen LogP contribution in [0.4, 0.5) is 5.69 Å². The van der Waals surface area contributed by atoms with E-state index < -0.39 is 0 Å². The highest BCUT2D eigenvalue weighted by Gasteiger charge is 2.38. The first kappa shape index (κ1) is 18.5. The van der Waals surface area contributed by atoms with Gasteiger partial charge in [0, 0.05) is 39.1 Å². The predicted molar refractivity (Wildman–Crippen MR) is 107 cm³/mol. The van der Waals surface area contributed by atoms with E-state index in [0.29, 0.717) is 23.7 Å². The molecule has 2 aliphatic rings. The SMILES string of the molecule is CN1CCN(C(=O)C2CC(=O)N(c3ccccc3Oc3ccccc3)C2)CC1. The Labute approximate surface area is 165 Å². The van der Waals surface area contributed by atoms with Crippen LogP contribution in [0.2, 0.25) is 0 Å². The number of carbonyl (C=O) groups excluding carboxylic acids is 2. The summed E-state index contributed by atoms with van der Waals surface area (Å²) >= 11 is 0. The minimum atomic E-state index is -0.291. The van der Waals surface area contributed by atoms with Crippen molar-refractivity contribution < 1.29 is 14.3 Å². The van der Waals surface area contributed by atoms with E-state index in [4.69, 9.17) is 4.74 Å². The third-order valence-electron chi connectivity index (χ3n) is 5.42. The molecule has 0 aromatic heterocycles. The topological polar surface area (TPSA) is 53.1 Å². The van der Waals surface area contributed by atoms with Crippen LogP contribution in [0.5, 0.6) is 11.5 Å². The smallest absolute Gasteiger partial charge is 0.228 e. The van der Waals surface area contributed by atoms with Crippen molar-refractivity contribution in [3.63, 3.8) is 0 Å². The second kappa shape index (κ2) is 8.02. The van der Waals surface area contributed by atoms with Gasteiger partial charge in [0.2, 0.25) is 11.8 Å². The Balaban J connectivity index is 1.49. The molecule has 1 atom stereocenters. The fourth-order valence-corrected chi connectivity index (χ4v) is 3.77. The van der Waals surface area contributed by atoms with E-state index >= 15 is 0 Å². The second-order valence-corrected chi connectivity index (χ2v) is 7.42. The maximum absolute atomic E-state index is 12.9. The summed E-state index contributed by atoms with van der Waals surface area (Å²) in [5.74, 6) is 1.10. The van der Waals surface area contributed by atoms with Gasteiger partial charge in [-0.05, 0) is 31.3 Å². The Morgan fingerprint density at radius 3 is 2.39 bits per heavy atom. The Kier molecular flexibility index (Phi) is 5.30. The summed E-state index contributed by atoms with van der Waals surface area (Å²) in [7, 11) is 2.06. The van der Waals surface area contributed by atoms with Crippen LogP contribution in [0.1, 0.15) is 6.42 Å². The molecule has 6 heteroatoms. The fourth-order valence-electron chi connectivity index (χ4n) is 3.77. The van der Waals surface area contributed by atoms with Gasteiger partial charge in [0.25, 0.3) is 0 Å². The molecule has 0 saturated carbocycles. The number of hydrogen-bond donors (Lipinski definition) is 0. The van der Waals surface area contributed by atoms with E-state index in [9.17, 15) is 9.59 Å². The first-order valence-electron chi connectivity index (χ1n) is 9.71. The van der Waals surface area contributed by atoms with Crippen LogP contribution in [-0.2, 0) is 9.59 Å². The quantitative estimate of drug-likeness (QED) is 0.820. The first-order chi connectivity index (χ1) is 13.6. The van der Waals surface area contributed by atoms with Crippen molar-refractivity contribution in [1.82, 2.24) is 9.80 Å². The van der Waals surface area contributed by atoms with Crippen molar-refractivity contribution in [1.29, 1.82) is 0 Å². The molecule has 2 fully saturated rings. The zero-order chi connectivity index (χ0) is 19.5. The number of amides is 2. The minimum absolute atomic E-state index is 0.0309. The molecule has 6 nitrogen and oxygen atoms in total. The number of carbonyl (C=O) groups is 2. The van der Waals surface area contributed by atoms with Crippen molar-refractivity contribution in [2.45, 2.75) is 6.42 Å². The molecule has 2 aromatic rings. The van der Waals surface area contributed by atoms with E-state index in [1.807, 2.05) is 59.5 Å². The van der Waals surface area contributed by atoms with Gasteiger partial charge in [-0.15, -0.1) is 0 Å². The molecule has 0 N–H and O–H groups in total. The van der Waals surface area contributed by atoms with Gasteiger partial charge in [-0.2, -0.15) is 0 Å². The number of hydrogen-bond acceptors (Lipinski definition) is 4. The molecular weight excluding hydrogens is 354 g/mol. The molecule has 2 aliphatic heterocycles. The molecule has 0 aliphatic carbocycles. The van der Waals surface area contributed by atoms with Crippen molar-refractivity contribution in [2.75, 3.05) is 44.7 Å². The van der Waals surface area contributed by atoms with Crippen LogP contribution in [0.15, 0.2) is 54.6 Å². The highest BCUT2D eigenvalue weighted by molar-refractivity contribution is 6.01. The largest absolute Gasteiger partial charge is 0.455 e. The van der Waals surface area contributed by atoms with Gasteiger partial charge in [-0.25, -0.2) is 0 Å². The highest BCUT2D eigenvalue weighted by atomic mass is 16.5. The number of nitrogens with zero attached hydrogens (tertiary/aromatic N) is 3. The number of anilines is 1. The fraction of sp³-hybridized carbons (Fsp3) is 0.364. The van der Waals surface area contributed by atoms with Crippen LogP contribution in [0, 0.1) is 5.92 Å². The van der Waals surface area contributed by atoms with Crippen LogP contribution >= 0.6 is 0 Å². The molecular formula is C22H25N3O3. The molecule has 0 radical (unpaired) electrons. The number of para-hydroxylation sites is 3. The van der Waals surface area contributed by atoms with Gasteiger partial charge < -0.3 is 19.4 Å². The average molecular weight is 379 g/mol. The summed E-state index contributed by atoms with van der Waals surface area (Å²) in [4.78, 5) is 31.4. The van der Waals surface area contributed by atoms with Crippen LogP contribution in [0.3, 0.4) is 0 Å². The number of piperazine rings is 1. The molecule has 1 unspecified atom stereocenters. The maximum atomic E-state index is 12.9. The lowest BCUT2D eigenvalue weighted by atomic mass is 10.1. The van der Waals surface area contributed by atoms with Crippen LogP contribution in [-0.4, -0.2) is 61.4 Å². The minimum Gasteiger partial charge on any atom is -0.455 e. The van der Waals surface area contributed by atoms with Gasteiger partial charge in [0.1, 0.15) is 5.75 Å². The summed E-state index contributed by atoms with van der Waals surface area (Å²) < 4.78 is 6.00. The maximum Gasteiger partial charge on any atom is 0.228 e. The zero-order valence-corrected chi connectivity index (χ0v) is 16.1. The molecule has 2 heterocycles. The molecule has 0 bridgehead atoms. The summed E-state index contributed by atoms with van der Waals surface area (Å²) in [5, 5.41) is 0. The zero-order valence-electron chi connectivity index (χ0n) is 16.1. The molecule has 2 amide bonds. The van der Waals surface area contributed by atoms with Crippen LogP contribution in [0.25, 0.3) is 0 Å². The van der Waals surface area contributed by atoms with E-state index in [-0.39, 0.29) is 24.2 Å². The summed E-state index contributed by atoms with van der Waals surface area (Å²) in [6.45, 7) is 3.62. The number of rotatable bonds is 4. The summed E-state index contributed by atoms with van der Waals surface area (Å²) in [6, 6.07) is 17.0. The van der Waals surface area contributed by atoms with Crippen molar-refractivity contribution in [3.05, 3.63) is 54.6 Å². The lowest BCUT2D eigenvalue weighted by Crippen LogP contribution is -2.49. The normalized spacial score (nSPS) is 20.5. The first-order valence-corrected chi connectivity index (χ1v) is 9.71. The van der Waals surface area contributed by atoms with Gasteiger partial charge in [-0.1, -0.05) is 30.3 Å². The Morgan fingerprint density at radius 2 is 1.64 bits per heavy atom. The van der Waals surface area contributed by atoms with Gasteiger partial charge in [0.15, 0.2) is 5.75 Å². The lowest BCUT2D eigenvalue weighted by Gasteiger charge is -2.33. The van der Waals surface area contributed by atoms with Crippen molar-refractivity contribution in [3.8, 4) is 11.5 Å². The highest BCUT2D eigenvalue weighted by Crippen LogP contribution is 2.36. The second-order valence-electron chi connectivity index (χ2n) is 7.42. The summed E-state index contributed by atoms with van der Waals surface area (Å²) in [5.41, 5.74) is 0.713. The molecule has 2 aromatic carbocycles. The van der Waals surface area contributed by atoms with Crippen LogP contribution < -0.4 is 9.64 Å². The number of ether oxygens (including phenoxy) is 1. The third kappa shape index (κ3) is 3.87. The van der Waals surface area contributed by atoms with Gasteiger partial charge in [0.05, 0.1) is 11.6 Å². The van der Waals surface area contributed by atoms with Gasteiger partial charge in [-0.3, -0.25) is 9.59 Å². The van der Waals surface area contributed by atoms with Crippen molar-refractivity contribution >= 4 is 17.5 Å². The lowest BCUT2D eigenvalue weighted by molar-refractivity contribution is -0.137. The summed E-state index contributed by atoms with van der Waals surface area (Å²) in [6.07, 6.45) is 0.255. The average Bonchev–Trinajstić information content (AvgIpc) is 3.11. The molecule has 0 spiro atoms. The molecule has 2 saturated heterocycles. The monoisotopic (exact) mass is 379 g/mol. The standard InChI is InChI=1S/C22H25N3O3/c1-23-11-13-24(14-12-23)22(27)17-15-21(26)25(16-17)19-9-5-6-10-20(19)28-18-7-3-2-4-8-18/h2-10,17H,11-16H2,1H3. The molecule has 146 valence electrons.